The molecule has 4 heteroatoms. The molecule has 0 aliphatic heterocycles. The van der Waals surface area contributed by atoms with Crippen LogP contribution in [-0.4, -0.2) is 11.6 Å². The smallest absolute Gasteiger partial charge is 0.177 e. The molecule has 0 spiro atoms. The molecule has 0 fully saturated rings. The molecule has 0 saturated heterocycles. The van der Waals surface area contributed by atoms with Crippen LogP contribution in [0.2, 0.25) is 0 Å². The fourth-order valence-corrected chi connectivity index (χ4v) is 2.76. The minimum Gasteiger partial charge on any atom is -0.466 e. The molecule has 0 N–H and O–H groups in total. The number of carbonyl (C=O) groups is 2. The lowest BCUT2D eigenvalue weighted by atomic mass is 9.94. The van der Waals surface area contributed by atoms with Gasteiger partial charge in [-0.1, -0.05) is 12.1 Å². The van der Waals surface area contributed by atoms with Crippen LogP contribution < -0.4 is 0 Å². The Bertz CT molecular complexity index is 727. The van der Waals surface area contributed by atoms with Crippen LogP contribution in [0.1, 0.15) is 37.8 Å². The van der Waals surface area contributed by atoms with Crippen molar-refractivity contribution in [1.29, 1.82) is 0 Å². The highest BCUT2D eigenvalue weighted by molar-refractivity contribution is 6.19. The van der Waals surface area contributed by atoms with E-state index in [1.165, 1.54) is 12.1 Å². The van der Waals surface area contributed by atoms with E-state index in [0.717, 1.165) is 0 Å². The van der Waals surface area contributed by atoms with Gasteiger partial charge >= 0.3 is 0 Å². The van der Waals surface area contributed by atoms with Crippen molar-refractivity contribution >= 4 is 11.6 Å². The van der Waals surface area contributed by atoms with Crippen molar-refractivity contribution in [2.75, 3.05) is 0 Å². The first-order valence-corrected chi connectivity index (χ1v) is 6.42. The number of hydrogen-bond acceptors (Lipinski definition) is 3. The average Bonchev–Trinajstić information content (AvgIpc) is 2.91. The highest BCUT2D eigenvalue weighted by Gasteiger charge is 2.38. The molecule has 1 heterocycles. The van der Waals surface area contributed by atoms with E-state index in [2.05, 4.69) is 0 Å². The summed E-state index contributed by atoms with van der Waals surface area (Å²) >= 11 is 0. The number of Topliss-reactive ketones (excluding diaryl/α,β-unsaturated/α-hetero) is 2. The van der Waals surface area contributed by atoms with Gasteiger partial charge in [0.15, 0.2) is 11.6 Å². The molecule has 20 heavy (non-hydrogen) atoms. The third kappa shape index (κ3) is 1.80. The largest absolute Gasteiger partial charge is 0.466 e. The molecule has 2 aromatic rings. The first-order chi connectivity index (χ1) is 9.49. The molecule has 3 rings (SSSR count). The lowest BCUT2D eigenvalue weighted by molar-refractivity contribution is 0.0821. The van der Waals surface area contributed by atoms with E-state index in [1.54, 1.807) is 26.0 Å². The molecule has 1 aliphatic rings. The Morgan fingerprint density at radius 2 is 2.10 bits per heavy atom. The predicted octanol–water partition coefficient (Wildman–Crippen LogP) is 3.27. The standard InChI is InChI=1S/C16H13FO3/c1-8-6-11(9(2)20-8)16(19)13-7-12-10(15(13)18)4-3-5-14(12)17/h3-6,13H,7H2,1-2H3. The Hall–Kier alpha value is -2.23. The number of rotatable bonds is 2. The SMILES string of the molecule is Cc1cc(C(=O)C2Cc3c(F)cccc3C2=O)c(C)o1. The van der Waals surface area contributed by atoms with Gasteiger partial charge < -0.3 is 4.42 Å². The van der Waals surface area contributed by atoms with E-state index in [9.17, 15) is 14.0 Å². The summed E-state index contributed by atoms with van der Waals surface area (Å²) in [5, 5.41) is 0. The van der Waals surface area contributed by atoms with Crippen molar-refractivity contribution < 1.29 is 18.4 Å². The van der Waals surface area contributed by atoms with Crippen molar-refractivity contribution in [2.24, 2.45) is 5.92 Å². The zero-order chi connectivity index (χ0) is 14.4. The third-order valence-electron chi connectivity index (χ3n) is 3.73. The first-order valence-electron chi connectivity index (χ1n) is 6.42. The number of benzene rings is 1. The van der Waals surface area contributed by atoms with Gasteiger partial charge in [0.25, 0.3) is 0 Å². The van der Waals surface area contributed by atoms with Crippen LogP contribution in [0, 0.1) is 25.6 Å². The van der Waals surface area contributed by atoms with E-state index >= 15 is 0 Å². The first kappa shape index (κ1) is 12.8. The Morgan fingerprint density at radius 3 is 2.70 bits per heavy atom. The molecule has 1 aromatic carbocycles. The van der Waals surface area contributed by atoms with Gasteiger partial charge in [0.2, 0.25) is 0 Å². The molecule has 3 nitrogen and oxygen atoms in total. The molecule has 0 saturated carbocycles. The van der Waals surface area contributed by atoms with Crippen molar-refractivity contribution in [3.63, 3.8) is 0 Å². The second-order valence-electron chi connectivity index (χ2n) is 5.08. The maximum absolute atomic E-state index is 13.7. The molecule has 0 bridgehead atoms. The van der Waals surface area contributed by atoms with Gasteiger partial charge in [-0.15, -0.1) is 0 Å². The summed E-state index contributed by atoms with van der Waals surface area (Å²) in [5.74, 6) is -0.733. The van der Waals surface area contributed by atoms with Crippen molar-refractivity contribution in [1.82, 2.24) is 0 Å². The maximum atomic E-state index is 13.7. The number of carbonyl (C=O) groups excluding carboxylic acids is 2. The van der Waals surface area contributed by atoms with Gasteiger partial charge in [-0.05, 0) is 38.0 Å². The predicted molar refractivity (Wildman–Crippen MR) is 70.4 cm³/mol. The van der Waals surface area contributed by atoms with E-state index < -0.39 is 11.7 Å². The van der Waals surface area contributed by atoms with E-state index in [4.69, 9.17) is 4.42 Å². The number of fused-ring (bicyclic) bond motifs is 1. The second-order valence-corrected chi connectivity index (χ2v) is 5.08. The Balaban J connectivity index is 1.98. The lowest BCUT2D eigenvalue weighted by Crippen LogP contribution is -2.21. The number of ketones is 2. The summed E-state index contributed by atoms with van der Waals surface area (Å²) in [6.45, 7) is 3.43. The van der Waals surface area contributed by atoms with Crippen LogP contribution in [0.15, 0.2) is 28.7 Å². The Kier molecular flexibility index (Phi) is 2.82. The van der Waals surface area contributed by atoms with Crippen LogP contribution in [0.4, 0.5) is 4.39 Å². The van der Waals surface area contributed by atoms with Crippen LogP contribution in [0.3, 0.4) is 0 Å². The zero-order valence-corrected chi connectivity index (χ0v) is 11.2. The summed E-state index contributed by atoms with van der Waals surface area (Å²) in [4.78, 5) is 24.7. The molecule has 102 valence electrons. The fraction of sp³-hybridized carbons (Fsp3) is 0.250. The maximum Gasteiger partial charge on any atom is 0.177 e. The molecule has 1 atom stereocenters. The van der Waals surface area contributed by atoms with Gasteiger partial charge in [0.1, 0.15) is 17.3 Å². The summed E-state index contributed by atoms with van der Waals surface area (Å²) in [7, 11) is 0. The zero-order valence-electron chi connectivity index (χ0n) is 11.2. The topological polar surface area (TPSA) is 47.3 Å². The second kappa shape index (κ2) is 4.40. The third-order valence-corrected chi connectivity index (χ3v) is 3.73. The Labute approximate surface area is 115 Å². The van der Waals surface area contributed by atoms with Gasteiger partial charge in [-0.2, -0.15) is 0 Å². The summed E-state index contributed by atoms with van der Waals surface area (Å²) in [6, 6.07) is 6.00. The summed E-state index contributed by atoms with van der Waals surface area (Å²) < 4.78 is 19.0. The van der Waals surface area contributed by atoms with Crippen molar-refractivity contribution in [2.45, 2.75) is 20.3 Å². The molecule has 1 unspecified atom stereocenters. The summed E-state index contributed by atoms with van der Waals surface area (Å²) in [6.07, 6.45) is 0.128. The van der Waals surface area contributed by atoms with Gasteiger partial charge in [-0.25, -0.2) is 4.39 Å². The van der Waals surface area contributed by atoms with E-state index in [0.29, 0.717) is 28.2 Å². The molecule has 0 amide bonds. The van der Waals surface area contributed by atoms with Crippen molar-refractivity contribution in [3.8, 4) is 0 Å². The van der Waals surface area contributed by atoms with Crippen LogP contribution in [0.25, 0.3) is 0 Å². The van der Waals surface area contributed by atoms with Gasteiger partial charge in [0.05, 0.1) is 11.5 Å². The Morgan fingerprint density at radius 1 is 1.35 bits per heavy atom. The molecular formula is C16H13FO3. The van der Waals surface area contributed by atoms with E-state index in [-0.39, 0.29) is 18.0 Å². The molecule has 1 aromatic heterocycles. The molecule has 0 radical (unpaired) electrons. The van der Waals surface area contributed by atoms with Crippen molar-refractivity contribution in [3.05, 3.63) is 58.3 Å². The average molecular weight is 272 g/mol. The monoisotopic (exact) mass is 272 g/mol. The molecular weight excluding hydrogens is 259 g/mol. The summed E-state index contributed by atoms with van der Waals surface area (Å²) in [5.41, 5.74) is 1.07. The van der Waals surface area contributed by atoms with Crippen LogP contribution in [-0.2, 0) is 6.42 Å². The number of halogens is 1. The number of furan rings is 1. The normalized spacial score (nSPS) is 17.4. The highest BCUT2D eigenvalue weighted by Crippen LogP contribution is 2.32. The van der Waals surface area contributed by atoms with Gasteiger partial charge in [-0.3, -0.25) is 9.59 Å². The molecule has 1 aliphatic carbocycles. The quantitative estimate of drug-likeness (QED) is 0.622. The number of aryl methyl sites for hydroxylation is 2. The van der Waals surface area contributed by atoms with E-state index in [1.807, 2.05) is 0 Å². The minimum atomic E-state index is -0.836. The van der Waals surface area contributed by atoms with Gasteiger partial charge in [0, 0.05) is 5.56 Å². The van der Waals surface area contributed by atoms with Crippen LogP contribution in [0.5, 0.6) is 0 Å². The lowest BCUT2D eigenvalue weighted by Gasteiger charge is -2.05. The number of hydrogen-bond donors (Lipinski definition) is 0. The fourth-order valence-electron chi connectivity index (χ4n) is 2.76. The minimum absolute atomic E-state index is 0.128. The van der Waals surface area contributed by atoms with Crippen LogP contribution >= 0.6 is 0 Å². The highest BCUT2D eigenvalue weighted by atomic mass is 19.1.